The summed E-state index contributed by atoms with van der Waals surface area (Å²) in [5.74, 6) is 0.0795. The Morgan fingerprint density at radius 3 is 2.43 bits per heavy atom. The number of hydrogen-bond donors (Lipinski definition) is 3. The molecule has 1 N–H and O–H groups in total. The van der Waals surface area contributed by atoms with Gasteiger partial charge in [0.2, 0.25) is 0 Å². The molecule has 2 nitrogen and oxygen atoms in total. The molecule has 4 heteroatoms. The minimum atomic E-state index is -3.09. The SMILES string of the molecule is C=CC[SH](=O)(O)S. The van der Waals surface area contributed by atoms with Crippen LogP contribution in [0.15, 0.2) is 12.7 Å². The molecule has 0 aliphatic carbocycles. The third-order valence-corrected chi connectivity index (χ3v) is 1.59. The van der Waals surface area contributed by atoms with E-state index in [1.54, 1.807) is 0 Å². The zero-order valence-corrected chi connectivity index (χ0v) is 5.53. The van der Waals surface area contributed by atoms with Crippen molar-refractivity contribution in [3.8, 4) is 0 Å². The summed E-state index contributed by atoms with van der Waals surface area (Å²) < 4.78 is 18.5. The molecule has 0 aliphatic rings. The maximum atomic E-state index is 10.2. The Kier molecular flexibility index (Phi) is 2.56. The maximum absolute atomic E-state index is 10.2. The van der Waals surface area contributed by atoms with Crippen LogP contribution in [0.2, 0.25) is 0 Å². The highest BCUT2D eigenvalue weighted by Gasteiger charge is 1.88. The Morgan fingerprint density at radius 2 is 2.43 bits per heavy atom. The molecule has 7 heavy (non-hydrogen) atoms. The van der Waals surface area contributed by atoms with E-state index in [2.05, 4.69) is 18.2 Å². The van der Waals surface area contributed by atoms with Crippen LogP contribution in [0.1, 0.15) is 0 Å². The normalized spacial score (nSPS) is 13.4. The largest absolute Gasteiger partial charge is 0.296 e. The first-order valence-electron chi connectivity index (χ1n) is 1.72. The van der Waals surface area contributed by atoms with Crippen molar-refractivity contribution >= 4 is 20.9 Å². The van der Waals surface area contributed by atoms with Crippen LogP contribution in [-0.4, -0.2) is 14.5 Å². The predicted octanol–water partition coefficient (Wildman–Crippen LogP) is 0.507. The van der Waals surface area contributed by atoms with E-state index in [-0.39, 0.29) is 5.75 Å². The van der Waals surface area contributed by atoms with Crippen molar-refractivity contribution < 1.29 is 8.76 Å². The van der Waals surface area contributed by atoms with E-state index >= 15 is 0 Å². The van der Waals surface area contributed by atoms with Gasteiger partial charge in [-0.05, 0) is 0 Å². The molecule has 0 heterocycles. The summed E-state index contributed by atoms with van der Waals surface area (Å²) >= 11 is 3.37. The molecule has 0 bridgehead atoms. The van der Waals surface area contributed by atoms with E-state index in [4.69, 9.17) is 4.55 Å². The van der Waals surface area contributed by atoms with Crippen LogP contribution in [0, 0.1) is 0 Å². The number of hydrogen-bond acceptors (Lipinski definition) is 1. The Morgan fingerprint density at radius 1 is 2.00 bits per heavy atom. The van der Waals surface area contributed by atoms with Crippen molar-refractivity contribution in [2.75, 3.05) is 5.75 Å². The molecule has 0 atom stereocenters. The van der Waals surface area contributed by atoms with Crippen molar-refractivity contribution in [1.29, 1.82) is 0 Å². The summed E-state index contributed by atoms with van der Waals surface area (Å²) in [5.41, 5.74) is 0. The first-order valence-corrected chi connectivity index (χ1v) is 4.71. The van der Waals surface area contributed by atoms with E-state index < -0.39 is 9.25 Å². The quantitative estimate of drug-likeness (QED) is 0.297. The third-order valence-electron chi connectivity index (χ3n) is 0.367. The van der Waals surface area contributed by atoms with Crippen LogP contribution < -0.4 is 0 Å². The van der Waals surface area contributed by atoms with Gasteiger partial charge in [-0.25, -0.2) is 4.21 Å². The summed E-state index contributed by atoms with van der Waals surface area (Å²) in [5, 5.41) is 0. The van der Waals surface area contributed by atoms with Crippen molar-refractivity contribution in [1.82, 2.24) is 0 Å². The summed E-state index contributed by atoms with van der Waals surface area (Å²) in [7, 11) is -3.09. The second kappa shape index (κ2) is 2.49. The lowest BCUT2D eigenvalue weighted by atomic mass is 10.8. The van der Waals surface area contributed by atoms with E-state index in [0.717, 1.165) is 0 Å². The van der Waals surface area contributed by atoms with Gasteiger partial charge < -0.3 is 0 Å². The average Bonchev–Trinajstić information content (AvgIpc) is 1.30. The first kappa shape index (κ1) is 7.20. The van der Waals surface area contributed by atoms with E-state index in [1.165, 1.54) is 6.08 Å². The highest BCUT2D eigenvalue weighted by atomic mass is 33.1. The minimum absolute atomic E-state index is 0.0795. The average molecular weight is 140 g/mol. The summed E-state index contributed by atoms with van der Waals surface area (Å²) in [6, 6.07) is 0. The van der Waals surface area contributed by atoms with Crippen molar-refractivity contribution in [3.63, 3.8) is 0 Å². The number of thiol groups is 2. The van der Waals surface area contributed by atoms with Gasteiger partial charge in [0.25, 0.3) is 0 Å². The number of rotatable bonds is 2. The van der Waals surface area contributed by atoms with Gasteiger partial charge in [-0.15, -0.1) is 6.58 Å². The van der Waals surface area contributed by atoms with Gasteiger partial charge in [-0.2, -0.15) is 9.25 Å². The molecule has 0 saturated heterocycles. The summed E-state index contributed by atoms with van der Waals surface area (Å²) in [6.07, 6.45) is 1.37. The molecular formula is C3H8O2S2. The molecule has 0 unspecified atom stereocenters. The molecule has 44 valence electrons. The Bertz CT molecular complexity index is 104. The molecule has 0 saturated carbocycles. The molecular weight excluding hydrogens is 132 g/mol. The fraction of sp³-hybridized carbons (Fsp3) is 0.333. The lowest BCUT2D eigenvalue weighted by Crippen LogP contribution is -2.02. The van der Waals surface area contributed by atoms with Crippen molar-refractivity contribution in [3.05, 3.63) is 12.7 Å². The van der Waals surface area contributed by atoms with Crippen LogP contribution in [0.5, 0.6) is 0 Å². The highest BCUT2D eigenvalue weighted by molar-refractivity contribution is 8.66. The Hall–Kier alpha value is 0.200. The zero-order chi connectivity index (χ0) is 5.91. The first-order chi connectivity index (χ1) is 3.06. The topological polar surface area (TPSA) is 37.3 Å². The molecule has 0 aliphatic heterocycles. The fourth-order valence-corrected chi connectivity index (χ4v) is 0.851. The monoisotopic (exact) mass is 140 g/mol. The van der Waals surface area contributed by atoms with E-state index in [9.17, 15) is 4.21 Å². The van der Waals surface area contributed by atoms with Gasteiger partial charge in [-0.3, -0.25) is 4.55 Å². The molecule has 0 radical (unpaired) electrons. The van der Waals surface area contributed by atoms with Crippen LogP contribution in [0.25, 0.3) is 0 Å². The van der Waals surface area contributed by atoms with Crippen LogP contribution >= 0.6 is 11.7 Å². The molecule has 0 aromatic rings. The second-order valence-electron chi connectivity index (χ2n) is 1.14. The lowest BCUT2D eigenvalue weighted by molar-refractivity contribution is 0.562. The van der Waals surface area contributed by atoms with Crippen LogP contribution in [0.3, 0.4) is 0 Å². The second-order valence-corrected chi connectivity index (χ2v) is 4.71. The molecule has 0 rings (SSSR count). The van der Waals surface area contributed by atoms with Gasteiger partial charge in [0.1, 0.15) is 0 Å². The third kappa shape index (κ3) is 6.20. The molecule has 0 aromatic carbocycles. The molecule has 0 spiro atoms. The standard InChI is InChI=1S/C3H8O2S2/c1-2-3-7(4,5)6/h2,7H,1,3H2,(H2,4,5,6). The van der Waals surface area contributed by atoms with Crippen LogP contribution in [-0.2, 0) is 9.25 Å². The molecule has 0 fully saturated rings. The van der Waals surface area contributed by atoms with E-state index in [1.807, 2.05) is 0 Å². The Labute approximate surface area is 48.7 Å². The van der Waals surface area contributed by atoms with Crippen molar-refractivity contribution in [2.24, 2.45) is 0 Å². The minimum Gasteiger partial charge on any atom is -0.296 e. The van der Waals surface area contributed by atoms with E-state index in [0.29, 0.717) is 0 Å². The maximum Gasteiger partial charge on any atom is 0.0590 e. The van der Waals surface area contributed by atoms with Crippen LogP contribution in [0.4, 0.5) is 0 Å². The smallest absolute Gasteiger partial charge is 0.0590 e. The lowest BCUT2D eigenvalue weighted by Gasteiger charge is -2.09. The zero-order valence-electron chi connectivity index (χ0n) is 3.74. The predicted molar refractivity (Wildman–Crippen MR) is 36.2 cm³/mol. The van der Waals surface area contributed by atoms with Gasteiger partial charge in [0, 0.05) is 0 Å². The summed E-state index contributed by atoms with van der Waals surface area (Å²) in [4.78, 5) is 0. The summed E-state index contributed by atoms with van der Waals surface area (Å²) in [6.45, 7) is 3.26. The van der Waals surface area contributed by atoms with Gasteiger partial charge in [-0.1, -0.05) is 17.7 Å². The van der Waals surface area contributed by atoms with Crippen molar-refractivity contribution in [2.45, 2.75) is 0 Å². The molecule has 0 amide bonds. The van der Waals surface area contributed by atoms with Gasteiger partial charge >= 0.3 is 0 Å². The van der Waals surface area contributed by atoms with Gasteiger partial charge in [0.05, 0.1) is 5.75 Å². The molecule has 0 aromatic heterocycles. The fourth-order valence-electron chi connectivity index (χ4n) is 0.168. The highest BCUT2D eigenvalue weighted by Crippen LogP contribution is 2.01. The van der Waals surface area contributed by atoms with Gasteiger partial charge in [0.15, 0.2) is 0 Å². The Balaban J connectivity index is 3.57.